The molecule has 14 heavy (non-hydrogen) atoms. The smallest absolute Gasteiger partial charge is 0.229 e. The van der Waals surface area contributed by atoms with Gasteiger partial charge in [0.1, 0.15) is 0 Å². The van der Waals surface area contributed by atoms with E-state index < -0.39 is 6.10 Å². The van der Waals surface area contributed by atoms with Gasteiger partial charge in [0.2, 0.25) is 5.89 Å². The second kappa shape index (κ2) is 4.72. The molecule has 1 aromatic rings. The molecule has 0 bridgehead atoms. The van der Waals surface area contributed by atoms with E-state index in [2.05, 4.69) is 10.1 Å². The molecule has 1 heterocycles. The summed E-state index contributed by atoms with van der Waals surface area (Å²) in [7, 11) is 0. The minimum Gasteiger partial charge on any atom is -0.392 e. The van der Waals surface area contributed by atoms with Crippen LogP contribution in [0.3, 0.4) is 0 Å². The highest BCUT2D eigenvalue weighted by atomic mass is 16.5. The lowest BCUT2D eigenvalue weighted by molar-refractivity contribution is 0.167. The van der Waals surface area contributed by atoms with Crippen LogP contribution in [0.4, 0.5) is 0 Å². The molecule has 0 saturated heterocycles. The Bertz CT molecular complexity index is 327. The first-order valence-corrected chi connectivity index (χ1v) is 4.51. The highest BCUT2D eigenvalue weighted by molar-refractivity contribution is 4.93. The molecule has 0 saturated carbocycles. The molecular weight excluding hydrogens is 182 g/mol. The van der Waals surface area contributed by atoms with Gasteiger partial charge in [0.15, 0.2) is 5.82 Å². The molecule has 0 radical (unpaired) electrons. The van der Waals surface area contributed by atoms with E-state index in [9.17, 15) is 5.11 Å². The van der Waals surface area contributed by atoms with Crippen LogP contribution in [-0.4, -0.2) is 21.4 Å². The van der Waals surface area contributed by atoms with Gasteiger partial charge in [0.05, 0.1) is 25.0 Å². The van der Waals surface area contributed by atoms with Crippen LogP contribution >= 0.6 is 0 Å². The van der Waals surface area contributed by atoms with Gasteiger partial charge in [-0.05, 0) is 0 Å². The molecule has 1 aromatic heterocycles. The summed E-state index contributed by atoms with van der Waals surface area (Å²) >= 11 is 0. The number of hydrogen-bond donors (Lipinski definition) is 1. The average Bonchev–Trinajstić information content (AvgIpc) is 2.53. The fourth-order valence-electron chi connectivity index (χ4n) is 0.965. The molecule has 76 valence electrons. The second-order valence-corrected chi connectivity index (χ2v) is 3.42. The monoisotopic (exact) mass is 195 g/mol. The zero-order valence-electron chi connectivity index (χ0n) is 8.27. The van der Waals surface area contributed by atoms with Crippen molar-refractivity contribution in [2.75, 3.05) is 0 Å². The van der Waals surface area contributed by atoms with Crippen LogP contribution in [-0.2, 0) is 6.42 Å². The van der Waals surface area contributed by atoms with Crippen molar-refractivity contribution in [3.8, 4) is 6.07 Å². The lowest BCUT2D eigenvalue weighted by Crippen LogP contribution is -2.09. The molecule has 1 unspecified atom stereocenters. The highest BCUT2D eigenvalue weighted by Crippen LogP contribution is 2.11. The van der Waals surface area contributed by atoms with Gasteiger partial charge < -0.3 is 9.63 Å². The summed E-state index contributed by atoms with van der Waals surface area (Å²) in [6, 6.07) is 1.88. The van der Waals surface area contributed by atoms with Gasteiger partial charge in [-0.2, -0.15) is 10.2 Å². The number of aliphatic hydroxyl groups is 1. The Kier molecular flexibility index (Phi) is 3.60. The van der Waals surface area contributed by atoms with Crippen molar-refractivity contribution in [2.24, 2.45) is 0 Å². The fourth-order valence-corrected chi connectivity index (χ4v) is 0.965. The maximum absolute atomic E-state index is 9.30. The quantitative estimate of drug-likeness (QED) is 0.775. The summed E-state index contributed by atoms with van der Waals surface area (Å²) in [6.45, 7) is 3.92. The van der Waals surface area contributed by atoms with Gasteiger partial charge in [0, 0.05) is 5.92 Å². The van der Waals surface area contributed by atoms with Gasteiger partial charge in [-0.3, -0.25) is 0 Å². The maximum atomic E-state index is 9.30. The van der Waals surface area contributed by atoms with Gasteiger partial charge >= 0.3 is 0 Å². The van der Waals surface area contributed by atoms with Crippen molar-refractivity contribution >= 4 is 0 Å². The molecule has 5 heteroatoms. The summed E-state index contributed by atoms with van der Waals surface area (Å²) in [5.41, 5.74) is 0. The number of aliphatic hydroxyl groups excluding tert-OH is 1. The van der Waals surface area contributed by atoms with Crippen LogP contribution in [0.5, 0.6) is 0 Å². The van der Waals surface area contributed by atoms with E-state index in [4.69, 9.17) is 9.78 Å². The van der Waals surface area contributed by atoms with Gasteiger partial charge in [-0.15, -0.1) is 0 Å². The third kappa shape index (κ3) is 2.82. The van der Waals surface area contributed by atoms with E-state index in [0.717, 1.165) is 0 Å². The zero-order chi connectivity index (χ0) is 10.6. The Hall–Kier alpha value is -1.41. The summed E-state index contributed by atoms with van der Waals surface area (Å²) < 4.78 is 4.91. The molecule has 0 aromatic carbocycles. The molecule has 0 aliphatic heterocycles. The van der Waals surface area contributed by atoms with E-state index in [0.29, 0.717) is 11.7 Å². The minimum atomic E-state index is -0.722. The zero-order valence-corrected chi connectivity index (χ0v) is 8.27. The SMILES string of the molecule is CC(C)c1noc(CC(O)CC#N)n1. The predicted octanol–water partition coefficient (Wildman–Crippen LogP) is 1.01. The molecule has 5 nitrogen and oxygen atoms in total. The number of nitrogens with zero attached hydrogens (tertiary/aromatic N) is 3. The minimum absolute atomic E-state index is 0.0827. The Morgan fingerprint density at radius 3 is 2.79 bits per heavy atom. The van der Waals surface area contributed by atoms with Gasteiger partial charge in [-0.25, -0.2) is 0 Å². The Labute approximate surface area is 82.4 Å². The Morgan fingerprint density at radius 2 is 2.29 bits per heavy atom. The maximum Gasteiger partial charge on any atom is 0.229 e. The first-order chi connectivity index (χ1) is 6.63. The lowest BCUT2D eigenvalue weighted by Gasteiger charge is -1.99. The van der Waals surface area contributed by atoms with Gasteiger partial charge in [0.25, 0.3) is 0 Å². The number of rotatable bonds is 4. The molecule has 1 N–H and O–H groups in total. The van der Waals surface area contributed by atoms with Crippen molar-refractivity contribution in [3.63, 3.8) is 0 Å². The highest BCUT2D eigenvalue weighted by Gasteiger charge is 2.13. The van der Waals surface area contributed by atoms with Crippen LogP contribution < -0.4 is 0 Å². The Morgan fingerprint density at radius 1 is 1.57 bits per heavy atom. The Balaban J connectivity index is 2.56. The largest absolute Gasteiger partial charge is 0.392 e. The van der Waals surface area contributed by atoms with Crippen molar-refractivity contribution < 1.29 is 9.63 Å². The fraction of sp³-hybridized carbons (Fsp3) is 0.667. The number of hydrogen-bond acceptors (Lipinski definition) is 5. The molecule has 1 rings (SSSR count). The van der Waals surface area contributed by atoms with Crippen LogP contribution in [0.25, 0.3) is 0 Å². The summed E-state index contributed by atoms with van der Waals surface area (Å²) in [5.74, 6) is 1.22. The van der Waals surface area contributed by atoms with Crippen molar-refractivity contribution in [1.82, 2.24) is 10.1 Å². The van der Waals surface area contributed by atoms with Crippen molar-refractivity contribution in [2.45, 2.75) is 38.7 Å². The molecule has 0 amide bonds. The third-order valence-corrected chi connectivity index (χ3v) is 1.74. The molecule has 0 fully saturated rings. The molecular formula is C9H13N3O2. The predicted molar refractivity (Wildman–Crippen MR) is 48.3 cm³/mol. The average molecular weight is 195 g/mol. The van der Waals surface area contributed by atoms with E-state index in [-0.39, 0.29) is 18.8 Å². The first-order valence-electron chi connectivity index (χ1n) is 4.51. The van der Waals surface area contributed by atoms with E-state index in [1.165, 1.54) is 0 Å². The molecule has 0 aliphatic rings. The summed E-state index contributed by atoms with van der Waals surface area (Å²) in [5, 5.41) is 21.4. The van der Waals surface area contributed by atoms with Crippen LogP contribution in [0, 0.1) is 11.3 Å². The van der Waals surface area contributed by atoms with Crippen LogP contribution in [0.2, 0.25) is 0 Å². The van der Waals surface area contributed by atoms with Crippen molar-refractivity contribution in [3.05, 3.63) is 11.7 Å². The molecule has 0 spiro atoms. The van der Waals surface area contributed by atoms with Crippen LogP contribution in [0.1, 0.15) is 37.9 Å². The van der Waals surface area contributed by atoms with Crippen LogP contribution in [0.15, 0.2) is 4.52 Å². The molecule has 1 atom stereocenters. The van der Waals surface area contributed by atoms with E-state index in [1.54, 1.807) is 0 Å². The van der Waals surface area contributed by atoms with E-state index in [1.807, 2.05) is 19.9 Å². The topological polar surface area (TPSA) is 82.9 Å². The number of aromatic nitrogens is 2. The van der Waals surface area contributed by atoms with E-state index >= 15 is 0 Å². The molecule has 0 aliphatic carbocycles. The normalized spacial score (nSPS) is 12.8. The first kappa shape index (κ1) is 10.7. The number of nitriles is 1. The van der Waals surface area contributed by atoms with Gasteiger partial charge in [-0.1, -0.05) is 19.0 Å². The summed E-state index contributed by atoms with van der Waals surface area (Å²) in [6.07, 6.45) is -0.396. The second-order valence-electron chi connectivity index (χ2n) is 3.42. The third-order valence-electron chi connectivity index (χ3n) is 1.74. The summed E-state index contributed by atoms with van der Waals surface area (Å²) in [4.78, 5) is 4.08. The van der Waals surface area contributed by atoms with Crippen molar-refractivity contribution in [1.29, 1.82) is 5.26 Å². The lowest BCUT2D eigenvalue weighted by atomic mass is 10.2. The standard InChI is InChI=1S/C9H13N3O2/c1-6(2)9-11-8(14-12-9)5-7(13)3-4-10/h6-7,13H,3,5H2,1-2H3.